The molecule has 450 valence electrons. The largest absolute Gasteiger partial charge is 0.459 e. The molecule has 18 heteroatoms. The van der Waals surface area contributed by atoms with Crippen molar-refractivity contribution in [2.45, 2.75) is 37.3 Å². The first-order chi connectivity index (χ1) is 45.9. The highest BCUT2D eigenvalue weighted by atomic mass is 32.1. The number of fused-ring (bicyclic) bond motifs is 9. The molecule has 6 aliphatic rings. The number of thiophene rings is 2. The summed E-state index contributed by atoms with van der Waals surface area (Å²) in [7, 11) is 0. The van der Waals surface area contributed by atoms with E-state index in [1.54, 1.807) is 158 Å². The molecule has 2 heterocycles. The summed E-state index contributed by atoms with van der Waals surface area (Å²) in [5.41, 5.74) is -0.925. The number of Topliss-reactive ketones (excluding diaryl/α,β-unsaturated/α-hetero) is 2. The zero-order valence-electron chi connectivity index (χ0n) is 49.2. The second-order valence-corrected chi connectivity index (χ2v) is 24.6. The van der Waals surface area contributed by atoms with Gasteiger partial charge in [-0.2, -0.15) is 21.0 Å². The Labute approximate surface area is 544 Å². The topological polar surface area (TPSA) is 259 Å². The maximum Gasteiger partial charge on any atom is 0.333 e. The molecule has 2 unspecified atom stereocenters. The molecular weight excluding hydrogens is 1220 g/mol. The predicted octanol–water partition coefficient (Wildman–Crippen LogP) is 13.4. The van der Waals surface area contributed by atoms with Crippen molar-refractivity contribution >= 4 is 102 Å². The number of rotatable bonds is 14. The molecule has 0 saturated heterocycles. The van der Waals surface area contributed by atoms with Gasteiger partial charge in [-0.15, -0.1) is 22.7 Å². The highest BCUT2D eigenvalue weighted by molar-refractivity contribution is 7.18. The van der Waals surface area contributed by atoms with E-state index in [9.17, 15) is 30.6 Å². The third-order valence-electron chi connectivity index (χ3n) is 17.3. The third-order valence-corrected chi connectivity index (χ3v) is 19.4. The van der Waals surface area contributed by atoms with E-state index in [0.717, 1.165) is 22.7 Å². The van der Waals surface area contributed by atoms with Crippen molar-refractivity contribution in [1.82, 2.24) is 0 Å². The van der Waals surface area contributed by atoms with Crippen molar-refractivity contribution in [3.05, 3.63) is 294 Å². The van der Waals surface area contributed by atoms with Crippen LogP contribution in [-0.2, 0) is 75.4 Å². The molecule has 0 radical (unpaired) electrons. The van der Waals surface area contributed by atoms with Crippen LogP contribution in [0.15, 0.2) is 239 Å². The first kappa shape index (κ1) is 59.3. The van der Waals surface area contributed by atoms with E-state index in [4.69, 9.17) is 28.9 Å². The number of nitrogens with zero attached hydrogens (tertiary/aromatic N) is 6. The van der Waals surface area contributed by atoms with E-state index >= 15 is 19.2 Å². The summed E-state index contributed by atoms with van der Waals surface area (Å²) >= 11 is 2.09. The highest BCUT2D eigenvalue weighted by Gasteiger charge is 2.64. The van der Waals surface area contributed by atoms with Crippen LogP contribution in [0.4, 0.5) is 10.0 Å². The lowest BCUT2D eigenvalue weighted by atomic mass is 9.68. The van der Waals surface area contributed by atoms with Crippen molar-refractivity contribution in [2.75, 3.05) is 0 Å². The normalized spacial score (nSPS) is 17.7. The second-order valence-electron chi connectivity index (χ2n) is 22.5. The summed E-state index contributed by atoms with van der Waals surface area (Å²) in [6.45, 7) is -1.05. The van der Waals surface area contributed by atoms with Gasteiger partial charge in [0.05, 0.1) is 0 Å². The zero-order chi connectivity index (χ0) is 64.8. The second kappa shape index (κ2) is 24.1. The van der Waals surface area contributed by atoms with Crippen LogP contribution in [0, 0.1) is 57.2 Å². The van der Waals surface area contributed by atoms with Gasteiger partial charge < -0.3 is 18.9 Å². The van der Waals surface area contributed by atoms with Crippen molar-refractivity contribution in [3.63, 3.8) is 0 Å². The lowest BCUT2D eigenvalue weighted by Gasteiger charge is -2.35. The first-order valence-corrected chi connectivity index (χ1v) is 31.1. The van der Waals surface area contributed by atoms with E-state index in [1.807, 2.05) is 60.7 Å². The Morgan fingerprint density at radius 1 is 0.404 bits per heavy atom. The molecule has 0 spiro atoms. The fourth-order valence-electron chi connectivity index (χ4n) is 13.0. The maximum atomic E-state index is 15.8. The Hall–Kier alpha value is -12.3. The monoisotopic (exact) mass is 1260 g/mol. The molecule has 0 saturated carbocycles. The minimum absolute atomic E-state index is 0.0238. The summed E-state index contributed by atoms with van der Waals surface area (Å²) in [6, 6.07) is 59.3. The number of carbonyl (C=O) groups excluding carboxylic acids is 6. The number of ketones is 2. The van der Waals surface area contributed by atoms with Gasteiger partial charge >= 0.3 is 23.9 Å². The van der Waals surface area contributed by atoms with Gasteiger partial charge in [0.2, 0.25) is 22.4 Å². The molecule has 94 heavy (non-hydrogen) atoms. The van der Waals surface area contributed by atoms with Gasteiger partial charge in [-0.1, -0.05) is 194 Å². The number of esters is 4. The lowest BCUT2D eigenvalue weighted by molar-refractivity contribution is -0.166. The molecule has 2 atom stereocenters. The van der Waals surface area contributed by atoms with Crippen LogP contribution in [0.2, 0.25) is 0 Å². The number of allylic oxidation sites excluding steroid dienone is 10. The van der Waals surface area contributed by atoms with Crippen molar-refractivity contribution in [2.24, 2.45) is 21.8 Å². The van der Waals surface area contributed by atoms with Gasteiger partial charge in [0, 0.05) is 55.0 Å². The lowest BCUT2D eigenvalue weighted by Crippen LogP contribution is -2.47. The molecule has 0 fully saturated rings. The number of carbonyl (C=O) groups is 6. The molecule has 2 aromatic heterocycles. The van der Waals surface area contributed by atoms with E-state index in [2.05, 4.69) is 0 Å². The molecule has 0 bridgehead atoms. The van der Waals surface area contributed by atoms with Crippen LogP contribution in [0.1, 0.15) is 75.0 Å². The Kier molecular flexibility index (Phi) is 15.2. The number of benzene rings is 6. The summed E-state index contributed by atoms with van der Waals surface area (Å²) in [5, 5.41) is 41.2. The van der Waals surface area contributed by atoms with Crippen LogP contribution >= 0.6 is 22.7 Å². The summed E-state index contributed by atoms with van der Waals surface area (Å²) < 4.78 is 25.0. The smallest absolute Gasteiger partial charge is 0.333 e. The SMILES string of the molecule is N#CC(C#N)=C1C(=Nc2cc3c(s2)C2=CC4C=C5C(=CC4C=C2C3(C(=O)OCc2ccccc2)C(=O)OCc2ccccc2)c2sc(N=C3C(=O)c4ccccc4C3=C(C#N)C#N)cc2C5(C(=O)OCc2ccccc2)C(=O)OCc2ccccc2)C(=O)c2ccccc21. The standard InChI is InChI=1S/C76H44N6O10S2/c77-35-49(36-78)63-51-25-13-15-27-53(51)67(83)65(63)81-61-33-59-69(93-61)55-29-48-32-58-56(30-47(48)31-57(55)75(59,71(85)89-39-43-17-5-1-6-18-43)72(86)90-40-44-19-7-2-8-20-44)70-60(34-62(94-70)82-66-64(50(37-79)38-80)52-26-14-16-28-54(52)68(66)84)76(58,73(87)91-41-45-21-9-3-10-22-45)74(88)92-42-46-23-11-4-12-24-46/h1-34,47-48H,39-42H2. The van der Waals surface area contributed by atoms with E-state index in [1.165, 1.54) is 12.1 Å². The average molecular weight is 1270 g/mol. The quantitative estimate of drug-likeness (QED) is 0.0424. The summed E-state index contributed by atoms with van der Waals surface area (Å²) in [4.78, 5) is 103. The van der Waals surface area contributed by atoms with Crippen LogP contribution in [0.3, 0.4) is 0 Å². The molecule has 0 aliphatic heterocycles. The minimum atomic E-state index is -2.39. The molecule has 16 nitrogen and oxygen atoms in total. The highest BCUT2D eigenvalue weighted by Crippen LogP contribution is 2.63. The van der Waals surface area contributed by atoms with Crippen LogP contribution in [-0.4, -0.2) is 46.9 Å². The molecule has 14 rings (SSSR count). The van der Waals surface area contributed by atoms with Gasteiger partial charge in [0.15, 0.2) is 0 Å². The van der Waals surface area contributed by atoms with Crippen molar-refractivity contribution in [1.29, 1.82) is 21.0 Å². The number of aliphatic imine (C=N–C) groups is 2. The summed E-state index contributed by atoms with van der Waals surface area (Å²) in [5.74, 6) is -6.63. The molecular formula is C76H44N6O10S2. The van der Waals surface area contributed by atoms with Gasteiger partial charge in [-0.3, -0.25) is 28.8 Å². The molecule has 0 amide bonds. The van der Waals surface area contributed by atoms with Gasteiger partial charge in [0.25, 0.3) is 0 Å². The minimum Gasteiger partial charge on any atom is -0.459 e. The Morgan fingerprint density at radius 3 is 0.989 bits per heavy atom. The number of hydrogen-bond donors (Lipinski definition) is 0. The molecule has 8 aromatic rings. The van der Waals surface area contributed by atoms with Crippen LogP contribution < -0.4 is 0 Å². The van der Waals surface area contributed by atoms with Gasteiger partial charge in [-0.25, -0.2) is 9.98 Å². The van der Waals surface area contributed by atoms with Crippen LogP contribution in [0.5, 0.6) is 0 Å². The number of ether oxygens (including phenoxy) is 4. The molecule has 0 N–H and O–H groups in total. The zero-order valence-corrected chi connectivity index (χ0v) is 50.8. The Balaban J connectivity index is 0.978. The fourth-order valence-corrected chi connectivity index (χ4v) is 15.2. The van der Waals surface area contributed by atoms with Crippen molar-refractivity contribution < 1.29 is 47.7 Å². The van der Waals surface area contributed by atoms with Gasteiger partial charge in [-0.05, 0) is 67.8 Å². The van der Waals surface area contributed by atoms with Crippen LogP contribution in [0.25, 0.3) is 22.3 Å². The third kappa shape index (κ3) is 9.68. The molecule has 6 aliphatic carbocycles. The van der Waals surface area contributed by atoms with E-state index in [-0.39, 0.29) is 104 Å². The number of nitriles is 4. The first-order valence-electron chi connectivity index (χ1n) is 29.5. The molecule has 6 aromatic carbocycles. The fraction of sp³-hybridized carbons (Fsp3) is 0.105. The van der Waals surface area contributed by atoms with E-state index < -0.39 is 58.1 Å². The predicted molar refractivity (Wildman–Crippen MR) is 348 cm³/mol. The Morgan fingerprint density at radius 2 is 0.691 bits per heavy atom. The summed E-state index contributed by atoms with van der Waals surface area (Å²) in [6.07, 6.45) is 7.24. The van der Waals surface area contributed by atoms with Crippen molar-refractivity contribution in [3.8, 4) is 24.3 Å². The maximum absolute atomic E-state index is 15.8. The van der Waals surface area contributed by atoms with E-state index in [0.29, 0.717) is 54.3 Å². The van der Waals surface area contributed by atoms with Gasteiger partial charge in [0.1, 0.15) is 83.3 Å². The Bertz CT molecular complexity index is 4630. The average Bonchev–Trinajstić information content (AvgIpc) is 1.53. The number of hydrogen-bond acceptors (Lipinski definition) is 18.